The number of anilines is 1. The SMILES string of the molecule is Cc1ccc(NC(=S)NCCSCc2ccc(Cl)cc2)cc1Cl. The Balaban J connectivity index is 1.64. The van der Waals surface area contributed by atoms with E-state index in [0.717, 1.165) is 39.3 Å². The van der Waals surface area contributed by atoms with E-state index in [4.69, 9.17) is 35.4 Å². The summed E-state index contributed by atoms with van der Waals surface area (Å²) in [6, 6.07) is 13.7. The van der Waals surface area contributed by atoms with Gasteiger partial charge in [0.2, 0.25) is 0 Å². The molecule has 2 aromatic rings. The number of hydrogen-bond acceptors (Lipinski definition) is 2. The van der Waals surface area contributed by atoms with E-state index in [-0.39, 0.29) is 0 Å². The fraction of sp³-hybridized carbons (Fsp3) is 0.235. The normalized spacial score (nSPS) is 10.4. The zero-order valence-electron chi connectivity index (χ0n) is 12.7. The van der Waals surface area contributed by atoms with Gasteiger partial charge in [-0.1, -0.05) is 41.4 Å². The predicted octanol–water partition coefficient (Wildman–Crippen LogP) is 5.52. The maximum Gasteiger partial charge on any atom is 0.170 e. The lowest BCUT2D eigenvalue weighted by atomic mass is 10.2. The molecular weight excluding hydrogens is 367 g/mol. The molecule has 122 valence electrons. The number of halogens is 2. The summed E-state index contributed by atoms with van der Waals surface area (Å²) < 4.78 is 0. The van der Waals surface area contributed by atoms with Crippen molar-refractivity contribution in [2.45, 2.75) is 12.7 Å². The van der Waals surface area contributed by atoms with Gasteiger partial charge in [-0.2, -0.15) is 11.8 Å². The van der Waals surface area contributed by atoms with Crippen LogP contribution in [0.5, 0.6) is 0 Å². The van der Waals surface area contributed by atoms with Crippen LogP contribution in [0.25, 0.3) is 0 Å². The lowest BCUT2D eigenvalue weighted by Crippen LogP contribution is -2.30. The lowest BCUT2D eigenvalue weighted by Gasteiger charge is -2.11. The Hall–Kier alpha value is -0.940. The number of benzene rings is 2. The molecule has 0 unspecified atom stereocenters. The van der Waals surface area contributed by atoms with Gasteiger partial charge in [0.1, 0.15) is 0 Å². The lowest BCUT2D eigenvalue weighted by molar-refractivity contribution is 0.990. The molecule has 23 heavy (non-hydrogen) atoms. The highest BCUT2D eigenvalue weighted by atomic mass is 35.5. The van der Waals surface area contributed by atoms with Crippen LogP contribution in [0.3, 0.4) is 0 Å². The van der Waals surface area contributed by atoms with E-state index in [1.807, 2.05) is 49.0 Å². The average molecular weight is 385 g/mol. The summed E-state index contributed by atoms with van der Waals surface area (Å²) in [6.07, 6.45) is 0. The fourth-order valence-corrected chi connectivity index (χ4v) is 3.20. The molecule has 0 heterocycles. The molecule has 6 heteroatoms. The van der Waals surface area contributed by atoms with E-state index < -0.39 is 0 Å². The number of thioether (sulfide) groups is 1. The second-order valence-electron chi connectivity index (χ2n) is 5.02. The Kier molecular flexibility index (Phi) is 7.50. The summed E-state index contributed by atoms with van der Waals surface area (Å²) in [7, 11) is 0. The average Bonchev–Trinajstić information content (AvgIpc) is 2.52. The first-order chi connectivity index (χ1) is 11.0. The quantitative estimate of drug-likeness (QED) is 0.505. The molecule has 2 N–H and O–H groups in total. The molecule has 2 aromatic carbocycles. The maximum absolute atomic E-state index is 6.10. The standard InChI is InChI=1S/C17H18Cl2N2S2/c1-12-2-7-15(10-16(12)19)21-17(22)20-8-9-23-11-13-3-5-14(18)6-4-13/h2-7,10H,8-9,11H2,1H3,(H2,20,21,22). The first-order valence-corrected chi connectivity index (χ1v) is 9.49. The van der Waals surface area contributed by atoms with Crippen molar-refractivity contribution in [3.63, 3.8) is 0 Å². The summed E-state index contributed by atoms with van der Waals surface area (Å²) in [5.41, 5.74) is 3.22. The Bertz CT molecular complexity index is 660. The molecule has 0 aliphatic heterocycles. The van der Waals surface area contributed by atoms with Gasteiger partial charge >= 0.3 is 0 Å². The van der Waals surface area contributed by atoms with Crippen LogP contribution in [0.15, 0.2) is 42.5 Å². The van der Waals surface area contributed by atoms with Crippen LogP contribution in [0.4, 0.5) is 5.69 Å². The van der Waals surface area contributed by atoms with Crippen LogP contribution in [-0.4, -0.2) is 17.4 Å². The highest BCUT2D eigenvalue weighted by Gasteiger charge is 2.01. The van der Waals surface area contributed by atoms with Crippen LogP contribution in [0.1, 0.15) is 11.1 Å². The van der Waals surface area contributed by atoms with Crippen LogP contribution >= 0.6 is 47.2 Å². The van der Waals surface area contributed by atoms with Crippen molar-refractivity contribution >= 4 is 58.0 Å². The largest absolute Gasteiger partial charge is 0.362 e. The third-order valence-corrected chi connectivity index (χ3v) is 5.08. The number of nitrogens with one attached hydrogen (secondary N) is 2. The molecule has 0 bridgehead atoms. The van der Waals surface area contributed by atoms with Gasteiger partial charge in [0.05, 0.1) is 0 Å². The third-order valence-electron chi connectivity index (χ3n) is 3.14. The second-order valence-corrected chi connectivity index (χ2v) is 7.38. The van der Waals surface area contributed by atoms with Gasteiger partial charge in [-0.25, -0.2) is 0 Å². The molecule has 0 aliphatic carbocycles. The Labute approximate surface area is 157 Å². The molecule has 0 aliphatic rings. The maximum atomic E-state index is 6.10. The topological polar surface area (TPSA) is 24.1 Å². The second kappa shape index (κ2) is 9.38. The summed E-state index contributed by atoms with van der Waals surface area (Å²) in [4.78, 5) is 0. The summed E-state index contributed by atoms with van der Waals surface area (Å²) in [5.74, 6) is 1.94. The molecule has 0 spiro atoms. The summed E-state index contributed by atoms with van der Waals surface area (Å²) in [6.45, 7) is 2.78. The first kappa shape index (κ1) is 18.4. The molecule has 0 atom stereocenters. The fourth-order valence-electron chi connectivity index (χ4n) is 1.85. The van der Waals surface area contributed by atoms with Crippen molar-refractivity contribution in [2.24, 2.45) is 0 Å². The van der Waals surface area contributed by atoms with Crippen LogP contribution in [0.2, 0.25) is 10.0 Å². The van der Waals surface area contributed by atoms with Gasteiger partial charge in [-0.05, 0) is 54.5 Å². The van der Waals surface area contributed by atoms with E-state index in [9.17, 15) is 0 Å². The summed E-state index contributed by atoms with van der Waals surface area (Å²) >= 11 is 19.1. The van der Waals surface area contributed by atoms with Crippen molar-refractivity contribution < 1.29 is 0 Å². The van der Waals surface area contributed by atoms with E-state index in [2.05, 4.69) is 22.8 Å². The van der Waals surface area contributed by atoms with Crippen molar-refractivity contribution in [3.8, 4) is 0 Å². The molecule has 0 radical (unpaired) electrons. The van der Waals surface area contributed by atoms with Crippen molar-refractivity contribution in [2.75, 3.05) is 17.6 Å². The number of aryl methyl sites for hydroxylation is 1. The van der Waals surface area contributed by atoms with Crippen molar-refractivity contribution in [3.05, 3.63) is 63.6 Å². The van der Waals surface area contributed by atoms with Crippen molar-refractivity contribution in [1.82, 2.24) is 5.32 Å². The Morgan fingerprint density at radius 3 is 2.57 bits per heavy atom. The highest BCUT2D eigenvalue weighted by molar-refractivity contribution is 7.98. The predicted molar refractivity (Wildman–Crippen MR) is 108 cm³/mol. The number of thiocarbonyl (C=S) groups is 1. The monoisotopic (exact) mass is 384 g/mol. The zero-order valence-corrected chi connectivity index (χ0v) is 15.9. The van der Waals surface area contributed by atoms with Crippen LogP contribution < -0.4 is 10.6 Å². The molecule has 0 aromatic heterocycles. The Morgan fingerprint density at radius 1 is 1.13 bits per heavy atom. The van der Waals surface area contributed by atoms with Gasteiger partial charge < -0.3 is 10.6 Å². The number of rotatable bonds is 6. The molecular formula is C17H18Cl2N2S2. The highest BCUT2D eigenvalue weighted by Crippen LogP contribution is 2.20. The zero-order chi connectivity index (χ0) is 16.7. The molecule has 0 fully saturated rings. The minimum absolute atomic E-state index is 0.608. The molecule has 0 saturated carbocycles. The van der Waals surface area contributed by atoms with Gasteiger partial charge in [-0.15, -0.1) is 0 Å². The third kappa shape index (κ3) is 6.60. The van der Waals surface area contributed by atoms with Crippen molar-refractivity contribution in [1.29, 1.82) is 0 Å². The van der Waals surface area contributed by atoms with Gasteiger partial charge in [0, 0.05) is 33.8 Å². The minimum atomic E-state index is 0.608. The van der Waals surface area contributed by atoms with E-state index in [0.29, 0.717) is 5.11 Å². The molecule has 2 nitrogen and oxygen atoms in total. The molecule has 0 saturated heterocycles. The van der Waals surface area contributed by atoms with E-state index in [1.54, 1.807) is 0 Å². The first-order valence-electron chi connectivity index (χ1n) is 7.18. The minimum Gasteiger partial charge on any atom is -0.362 e. The van der Waals surface area contributed by atoms with Gasteiger partial charge in [0.25, 0.3) is 0 Å². The molecule has 0 amide bonds. The summed E-state index contributed by atoms with van der Waals surface area (Å²) in [5, 5.41) is 8.45. The van der Waals surface area contributed by atoms with Gasteiger partial charge in [-0.3, -0.25) is 0 Å². The van der Waals surface area contributed by atoms with Crippen LogP contribution in [0, 0.1) is 6.92 Å². The number of hydrogen-bond donors (Lipinski definition) is 2. The van der Waals surface area contributed by atoms with E-state index >= 15 is 0 Å². The van der Waals surface area contributed by atoms with E-state index in [1.165, 1.54) is 5.56 Å². The van der Waals surface area contributed by atoms with Gasteiger partial charge in [0.15, 0.2) is 5.11 Å². The Morgan fingerprint density at radius 2 is 1.87 bits per heavy atom. The smallest absolute Gasteiger partial charge is 0.170 e. The van der Waals surface area contributed by atoms with Crippen LogP contribution in [-0.2, 0) is 5.75 Å². The molecule has 2 rings (SSSR count).